The molecule has 4 heteroatoms. The quantitative estimate of drug-likeness (QED) is 0.618. The Morgan fingerprint density at radius 2 is 2.18 bits per heavy atom. The molecule has 17 heavy (non-hydrogen) atoms. The molecule has 0 aliphatic heterocycles. The number of nitrogens with one attached hydrogen (secondary N) is 1. The van der Waals surface area contributed by atoms with Crippen LogP contribution in [0.15, 0.2) is 11.1 Å². The molecule has 1 aliphatic rings. The zero-order valence-corrected chi connectivity index (χ0v) is 11.7. The zero-order chi connectivity index (χ0) is 12.3. The molecule has 1 N–H and O–H groups in total. The molecule has 0 radical (unpaired) electrons. The summed E-state index contributed by atoms with van der Waals surface area (Å²) < 4.78 is 0. The van der Waals surface area contributed by atoms with Gasteiger partial charge in [0.05, 0.1) is 0 Å². The van der Waals surface area contributed by atoms with Gasteiger partial charge in [0.1, 0.15) is 16.7 Å². The molecule has 2 rings (SSSR count). The first-order valence-corrected chi connectivity index (χ1v) is 7.36. The van der Waals surface area contributed by atoms with Gasteiger partial charge in [-0.15, -0.1) is 11.8 Å². The molecule has 0 amide bonds. The first-order valence-electron chi connectivity index (χ1n) is 6.48. The maximum absolute atomic E-state index is 4.66. The second-order valence-electron chi connectivity index (χ2n) is 4.82. The molecule has 1 aromatic heterocycles. The van der Waals surface area contributed by atoms with Gasteiger partial charge in [-0.1, -0.05) is 20.8 Å². The highest BCUT2D eigenvalue weighted by molar-refractivity contribution is 7.99. The number of hydrogen-bond acceptors (Lipinski definition) is 4. The molecular formula is C13H21N3S. The van der Waals surface area contributed by atoms with E-state index in [4.69, 9.17) is 0 Å². The fraction of sp³-hybridized carbons (Fsp3) is 0.692. The molecule has 0 spiro atoms. The summed E-state index contributed by atoms with van der Waals surface area (Å²) in [6, 6.07) is 2.08. The Kier molecular flexibility index (Phi) is 4.26. The van der Waals surface area contributed by atoms with E-state index in [1.807, 2.05) is 11.8 Å². The first-order chi connectivity index (χ1) is 8.19. The molecule has 0 unspecified atom stereocenters. The molecule has 0 atom stereocenters. The standard InChI is InChI=1S/C13H21N3S/c1-4-7-14-11-8-12(17-9(2)3)16-13(15-11)10-5-6-10/h8-10H,4-7H2,1-3H3,(H,14,15,16). The van der Waals surface area contributed by atoms with Crippen molar-refractivity contribution < 1.29 is 0 Å². The number of anilines is 1. The maximum Gasteiger partial charge on any atom is 0.135 e. The molecule has 1 fully saturated rings. The highest BCUT2D eigenvalue weighted by Crippen LogP contribution is 2.39. The summed E-state index contributed by atoms with van der Waals surface area (Å²) in [5, 5.41) is 5.04. The second kappa shape index (κ2) is 5.71. The van der Waals surface area contributed by atoms with Gasteiger partial charge in [0, 0.05) is 23.8 Å². The van der Waals surface area contributed by atoms with Crippen LogP contribution in [0.5, 0.6) is 0 Å². The summed E-state index contributed by atoms with van der Waals surface area (Å²) >= 11 is 1.81. The minimum absolute atomic E-state index is 0.566. The van der Waals surface area contributed by atoms with Gasteiger partial charge < -0.3 is 5.32 Å². The Bertz CT molecular complexity index is 375. The summed E-state index contributed by atoms with van der Waals surface area (Å²) in [7, 11) is 0. The Morgan fingerprint density at radius 1 is 1.41 bits per heavy atom. The van der Waals surface area contributed by atoms with Gasteiger partial charge in [0.25, 0.3) is 0 Å². The summed E-state index contributed by atoms with van der Waals surface area (Å²) in [6.45, 7) is 7.54. The van der Waals surface area contributed by atoms with Gasteiger partial charge in [0.2, 0.25) is 0 Å². The van der Waals surface area contributed by atoms with Gasteiger partial charge in [-0.3, -0.25) is 0 Å². The van der Waals surface area contributed by atoms with E-state index >= 15 is 0 Å². The molecular weight excluding hydrogens is 230 g/mol. The van der Waals surface area contributed by atoms with Crippen molar-refractivity contribution in [2.45, 2.75) is 56.2 Å². The Hall–Kier alpha value is -0.770. The van der Waals surface area contributed by atoms with Crippen molar-refractivity contribution in [1.82, 2.24) is 9.97 Å². The second-order valence-corrected chi connectivity index (χ2v) is 6.41. The van der Waals surface area contributed by atoms with Crippen molar-refractivity contribution in [2.24, 2.45) is 0 Å². The Labute approximate surface area is 108 Å². The molecule has 1 saturated carbocycles. The van der Waals surface area contributed by atoms with E-state index in [0.29, 0.717) is 11.2 Å². The smallest absolute Gasteiger partial charge is 0.135 e. The summed E-state index contributed by atoms with van der Waals surface area (Å²) in [5.41, 5.74) is 0. The summed E-state index contributed by atoms with van der Waals surface area (Å²) in [5.74, 6) is 2.64. The van der Waals surface area contributed by atoms with Crippen LogP contribution >= 0.6 is 11.8 Å². The minimum atomic E-state index is 0.566. The van der Waals surface area contributed by atoms with Gasteiger partial charge in [0.15, 0.2) is 0 Å². The first kappa shape index (κ1) is 12.7. The molecule has 1 aliphatic carbocycles. The summed E-state index contributed by atoms with van der Waals surface area (Å²) in [4.78, 5) is 9.26. The number of hydrogen-bond donors (Lipinski definition) is 1. The van der Waals surface area contributed by atoms with Gasteiger partial charge in [-0.25, -0.2) is 9.97 Å². The van der Waals surface area contributed by atoms with Crippen LogP contribution < -0.4 is 5.32 Å². The lowest BCUT2D eigenvalue weighted by atomic mass is 10.4. The third-order valence-electron chi connectivity index (χ3n) is 2.58. The van der Waals surface area contributed by atoms with E-state index in [2.05, 4.69) is 42.1 Å². The molecule has 94 valence electrons. The zero-order valence-electron chi connectivity index (χ0n) is 10.9. The SMILES string of the molecule is CCCNc1cc(SC(C)C)nc(C2CC2)n1. The molecule has 0 bridgehead atoms. The molecule has 0 aromatic carbocycles. The lowest BCUT2D eigenvalue weighted by molar-refractivity contribution is 0.866. The minimum Gasteiger partial charge on any atom is -0.370 e. The fourth-order valence-electron chi connectivity index (χ4n) is 1.61. The van der Waals surface area contributed by atoms with Crippen LogP contribution in [-0.4, -0.2) is 21.8 Å². The van der Waals surface area contributed by atoms with Crippen LogP contribution in [-0.2, 0) is 0 Å². The van der Waals surface area contributed by atoms with Crippen LogP contribution in [0.3, 0.4) is 0 Å². The third-order valence-corrected chi connectivity index (χ3v) is 3.50. The van der Waals surface area contributed by atoms with Crippen LogP contribution in [0.2, 0.25) is 0 Å². The highest BCUT2D eigenvalue weighted by Gasteiger charge is 2.27. The normalized spacial score (nSPS) is 15.3. The van der Waals surface area contributed by atoms with Gasteiger partial charge >= 0.3 is 0 Å². The lowest BCUT2D eigenvalue weighted by Crippen LogP contribution is -2.05. The molecule has 1 aromatic rings. The summed E-state index contributed by atoms with van der Waals surface area (Å²) in [6.07, 6.45) is 3.63. The van der Waals surface area contributed by atoms with Crippen LogP contribution in [0.1, 0.15) is 51.8 Å². The monoisotopic (exact) mass is 251 g/mol. The van der Waals surface area contributed by atoms with E-state index in [0.717, 1.165) is 29.6 Å². The average molecular weight is 251 g/mol. The predicted molar refractivity (Wildman–Crippen MR) is 73.8 cm³/mol. The number of nitrogens with zero attached hydrogens (tertiary/aromatic N) is 2. The van der Waals surface area contributed by atoms with Crippen LogP contribution in [0.4, 0.5) is 5.82 Å². The van der Waals surface area contributed by atoms with E-state index < -0.39 is 0 Å². The van der Waals surface area contributed by atoms with Gasteiger partial charge in [-0.2, -0.15) is 0 Å². The van der Waals surface area contributed by atoms with Gasteiger partial charge in [-0.05, 0) is 19.3 Å². The van der Waals surface area contributed by atoms with E-state index in [1.54, 1.807) is 0 Å². The van der Waals surface area contributed by atoms with Crippen molar-refractivity contribution in [3.8, 4) is 0 Å². The van der Waals surface area contributed by atoms with Crippen molar-refractivity contribution in [2.75, 3.05) is 11.9 Å². The fourth-order valence-corrected chi connectivity index (χ4v) is 2.42. The van der Waals surface area contributed by atoms with Crippen LogP contribution in [0.25, 0.3) is 0 Å². The van der Waals surface area contributed by atoms with Crippen LogP contribution in [0, 0.1) is 0 Å². The number of thioether (sulfide) groups is 1. The van der Waals surface area contributed by atoms with Crippen molar-refractivity contribution >= 4 is 17.6 Å². The predicted octanol–water partition coefficient (Wildman–Crippen LogP) is 3.68. The Morgan fingerprint density at radius 3 is 2.76 bits per heavy atom. The molecule has 1 heterocycles. The average Bonchev–Trinajstić information content (AvgIpc) is 3.08. The van der Waals surface area contributed by atoms with Crippen molar-refractivity contribution in [1.29, 1.82) is 0 Å². The van der Waals surface area contributed by atoms with E-state index in [9.17, 15) is 0 Å². The molecule has 0 saturated heterocycles. The Balaban J connectivity index is 2.15. The molecule has 3 nitrogen and oxygen atoms in total. The maximum atomic E-state index is 4.66. The van der Waals surface area contributed by atoms with Crippen molar-refractivity contribution in [3.63, 3.8) is 0 Å². The highest BCUT2D eigenvalue weighted by atomic mass is 32.2. The topological polar surface area (TPSA) is 37.8 Å². The van der Waals surface area contributed by atoms with E-state index in [1.165, 1.54) is 12.8 Å². The lowest BCUT2D eigenvalue weighted by Gasteiger charge is -2.10. The largest absolute Gasteiger partial charge is 0.370 e. The number of aromatic nitrogens is 2. The van der Waals surface area contributed by atoms with Crippen molar-refractivity contribution in [3.05, 3.63) is 11.9 Å². The van der Waals surface area contributed by atoms with E-state index in [-0.39, 0.29) is 0 Å². The third kappa shape index (κ3) is 3.87. The number of rotatable bonds is 6.